The van der Waals surface area contributed by atoms with E-state index in [1.165, 1.54) is 30.7 Å². The van der Waals surface area contributed by atoms with E-state index in [4.69, 9.17) is 25.8 Å². The lowest BCUT2D eigenvalue weighted by molar-refractivity contribution is -0.118. The topological polar surface area (TPSA) is 94.2 Å². The Kier molecular flexibility index (Phi) is 8.22. The number of benzene rings is 2. The number of rotatable bonds is 8. The summed E-state index contributed by atoms with van der Waals surface area (Å²) in [6, 6.07) is 9.19. The third-order valence-corrected chi connectivity index (χ3v) is 7.35. The Labute approximate surface area is 193 Å². The lowest BCUT2D eigenvalue weighted by Gasteiger charge is -2.20. The predicted molar refractivity (Wildman–Crippen MR) is 122 cm³/mol. The van der Waals surface area contributed by atoms with Crippen LogP contribution in [0.25, 0.3) is 0 Å². The number of nitrogens with zero attached hydrogens (tertiary/aromatic N) is 1. The first kappa shape index (κ1) is 24.2. The van der Waals surface area contributed by atoms with Gasteiger partial charge in [-0.3, -0.25) is 4.79 Å². The molecule has 1 saturated heterocycles. The van der Waals surface area contributed by atoms with Crippen molar-refractivity contribution in [2.45, 2.75) is 30.6 Å². The largest absolute Gasteiger partial charge is 0.495 e. The molecule has 0 aromatic heterocycles. The van der Waals surface area contributed by atoms with Gasteiger partial charge in [-0.25, -0.2) is 8.42 Å². The van der Waals surface area contributed by atoms with Crippen molar-refractivity contribution >= 4 is 33.2 Å². The Morgan fingerprint density at radius 3 is 2.22 bits per heavy atom. The Bertz CT molecular complexity index is 1040. The third-order valence-electron chi connectivity index (χ3n) is 5.14. The second-order valence-corrected chi connectivity index (χ2v) is 9.66. The van der Waals surface area contributed by atoms with E-state index < -0.39 is 15.9 Å². The Hall–Kier alpha value is -2.49. The van der Waals surface area contributed by atoms with Gasteiger partial charge in [0.25, 0.3) is 5.91 Å². The minimum Gasteiger partial charge on any atom is -0.495 e. The molecule has 0 atom stereocenters. The molecule has 1 fully saturated rings. The van der Waals surface area contributed by atoms with E-state index in [1.807, 2.05) is 0 Å². The summed E-state index contributed by atoms with van der Waals surface area (Å²) in [4.78, 5) is 12.6. The van der Waals surface area contributed by atoms with Crippen molar-refractivity contribution in [3.05, 3.63) is 41.4 Å². The number of halogens is 1. The van der Waals surface area contributed by atoms with Gasteiger partial charge in [0.05, 0.1) is 29.8 Å². The monoisotopic (exact) mass is 482 g/mol. The SMILES string of the molecule is COc1cc(NC(=O)COc2ccc(S(=O)(=O)N3CCCCCC3)cc2)c(OC)cc1Cl. The number of nitrogens with one attached hydrogen (secondary N) is 1. The molecular weight excluding hydrogens is 456 g/mol. The summed E-state index contributed by atoms with van der Waals surface area (Å²) >= 11 is 6.07. The van der Waals surface area contributed by atoms with Crippen LogP contribution < -0.4 is 19.5 Å². The quantitative estimate of drug-likeness (QED) is 0.612. The van der Waals surface area contributed by atoms with Gasteiger partial charge < -0.3 is 19.5 Å². The highest BCUT2D eigenvalue weighted by Gasteiger charge is 2.25. The van der Waals surface area contributed by atoms with Crippen molar-refractivity contribution in [1.29, 1.82) is 0 Å². The van der Waals surface area contributed by atoms with Crippen molar-refractivity contribution in [3.8, 4) is 17.2 Å². The van der Waals surface area contributed by atoms with E-state index >= 15 is 0 Å². The fourth-order valence-electron chi connectivity index (χ4n) is 3.43. The van der Waals surface area contributed by atoms with Gasteiger partial charge in [-0.15, -0.1) is 0 Å². The molecule has 1 amide bonds. The van der Waals surface area contributed by atoms with Crippen molar-refractivity contribution in [2.75, 3.05) is 39.2 Å². The van der Waals surface area contributed by atoms with Gasteiger partial charge in [0.1, 0.15) is 17.2 Å². The molecule has 32 heavy (non-hydrogen) atoms. The highest BCUT2D eigenvalue weighted by atomic mass is 35.5. The van der Waals surface area contributed by atoms with Crippen molar-refractivity contribution in [1.82, 2.24) is 4.31 Å². The molecule has 0 radical (unpaired) electrons. The molecule has 0 saturated carbocycles. The summed E-state index contributed by atoms with van der Waals surface area (Å²) in [6.45, 7) is 0.811. The number of sulfonamides is 1. The van der Waals surface area contributed by atoms with Gasteiger partial charge in [-0.05, 0) is 37.1 Å². The molecule has 10 heteroatoms. The first-order chi connectivity index (χ1) is 15.3. The lowest BCUT2D eigenvalue weighted by Crippen LogP contribution is -2.31. The van der Waals surface area contributed by atoms with Gasteiger partial charge in [0, 0.05) is 25.2 Å². The molecular formula is C22H27ClN2O6S. The summed E-state index contributed by atoms with van der Waals surface area (Å²) in [5.41, 5.74) is 0.390. The molecule has 1 aliphatic rings. The third kappa shape index (κ3) is 5.85. The number of hydrogen-bond acceptors (Lipinski definition) is 6. The van der Waals surface area contributed by atoms with Crippen LogP contribution in [0.2, 0.25) is 5.02 Å². The molecule has 1 N–H and O–H groups in total. The number of carbonyl (C=O) groups excluding carboxylic acids is 1. The van der Waals surface area contributed by atoms with Crippen LogP contribution in [0.5, 0.6) is 17.2 Å². The maximum Gasteiger partial charge on any atom is 0.262 e. The van der Waals surface area contributed by atoms with E-state index in [2.05, 4.69) is 5.32 Å². The van der Waals surface area contributed by atoms with Crippen LogP contribution >= 0.6 is 11.6 Å². The molecule has 2 aromatic carbocycles. The maximum absolute atomic E-state index is 12.8. The zero-order chi connectivity index (χ0) is 23.1. The average molecular weight is 483 g/mol. The second-order valence-electron chi connectivity index (χ2n) is 7.31. The number of amides is 1. The molecule has 8 nitrogen and oxygen atoms in total. The van der Waals surface area contributed by atoms with Crippen LogP contribution in [-0.4, -0.2) is 52.5 Å². The minimum atomic E-state index is -3.53. The number of carbonyl (C=O) groups is 1. The van der Waals surface area contributed by atoms with Crippen LogP contribution in [0.4, 0.5) is 5.69 Å². The van der Waals surface area contributed by atoms with E-state index in [0.717, 1.165) is 25.7 Å². The lowest BCUT2D eigenvalue weighted by atomic mass is 10.2. The summed E-state index contributed by atoms with van der Waals surface area (Å²) < 4.78 is 43.1. The van der Waals surface area contributed by atoms with Crippen molar-refractivity contribution in [3.63, 3.8) is 0 Å². The van der Waals surface area contributed by atoms with Gasteiger partial charge in [0.2, 0.25) is 10.0 Å². The van der Waals surface area contributed by atoms with Crippen LogP contribution in [0.3, 0.4) is 0 Å². The Morgan fingerprint density at radius 1 is 1.00 bits per heavy atom. The summed E-state index contributed by atoms with van der Waals surface area (Å²) in [7, 11) is -0.595. The van der Waals surface area contributed by atoms with Gasteiger partial charge in [0.15, 0.2) is 6.61 Å². The Balaban J connectivity index is 1.61. The van der Waals surface area contributed by atoms with Crippen LogP contribution in [0.15, 0.2) is 41.3 Å². The van der Waals surface area contributed by atoms with E-state index in [1.54, 1.807) is 24.3 Å². The molecule has 0 spiro atoms. The van der Waals surface area contributed by atoms with Crippen molar-refractivity contribution < 1.29 is 27.4 Å². The zero-order valence-corrected chi connectivity index (χ0v) is 19.7. The molecule has 174 valence electrons. The smallest absolute Gasteiger partial charge is 0.262 e. The molecule has 0 bridgehead atoms. The van der Waals surface area contributed by atoms with Crippen molar-refractivity contribution in [2.24, 2.45) is 0 Å². The van der Waals surface area contributed by atoms with Gasteiger partial charge in [-0.1, -0.05) is 24.4 Å². The molecule has 3 rings (SSSR count). The second kappa shape index (κ2) is 10.9. The van der Waals surface area contributed by atoms with E-state index in [9.17, 15) is 13.2 Å². The summed E-state index contributed by atoms with van der Waals surface area (Å²) in [5.74, 6) is 0.738. The highest BCUT2D eigenvalue weighted by Crippen LogP contribution is 2.35. The molecule has 0 aliphatic carbocycles. The standard InChI is InChI=1S/C22H27ClN2O6S/c1-29-20-14-19(21(30-2)13-18(20)23)24-22(26)15-31-16-7-9-17(10-8-16)32(27,28)25-11-5-3-4-6-12-25/h7-10,13-14H,3-6,11-12,15H2,1-2H3,(H,24,26). The van der Waals surface area contributed by atoms with Crippen LogP contribution in [-0.2, 0) is 14.8 Å². The number of methoxy groups -OCH3 is 2. The van der Waals surface area contributed by atoms with Gasteiger partial charge in [-0.2, -0.15) is 4.31 Å². The molecule has 0 unspecified atom stereocenters. The predicted octanol–water partition coefficient (Wildman–Crippen LogP) is 3.94. The van der Waals surface area contributed by atoms with Gasteiger partial charge >= 0.3 is 0 Å². The maximum atomic E-state index is 12.8. The zero-order valence-electron chi connectivity index (χ0n) is 18.1. The first-order valence-electron chi connectivity index (χ1n) is 10.3. The number of hydrogen-bond donors (Lipinski definition) is 1. The van der Waals surface area contributed by atoms with Crippen LogP contribution in [0.1, 0.15) is 25.7 Å². The number of anilines is 1. The van der Waals surface area contributed by atoms with E-state index in [0.29, 0.717) is 41.0 Å². The Morgan fingerprint density at radius 2 is 1.62 bits per heavy atom. The summed E-state index contributed by atoms with van der Waals surface area (Å²) in [6.07, 6.45) is 3.85. The molecule has 2 aromatic rings. The van der Waals surface area contributed by atoms with Crippen LogP contribution in [0, 0.1) is 0 Å². The molecule has 1 aliphatic heterocycles. The normalized spacial score (nSPS) is 15.0. The summed E-state index contributed by atoms with van der Waals surface area (Å²) in [5, 5.41) is 3.04. The first-order valence-corrected chi connectivity index (χ1v) is 12.1. The minimum absolute atomic E-state index is 0.217. The molecule has 1 heterocycles. The van der Waals surface area contributed by atoms with E-state index in [-0.39, 0.29) is 11.5 Å². The fraction of sp³-hybridized carbons (Fsp3) is 0.409. The average Bonchev–Trinajstić information content (AvgIpc) is 3.09. The highest BCUT2D eigenvalue weighted by molar-refractivity contribution is 7.89. The number of ether oxygens (including phenoxy) is 3. The fourth-order valence-corrected chi connectivity index (χ4v) is 5.18.